The monoisotopic (exact) mass is 306 g/mol. The van der Waals surface area contributed by atoms with Crippen molar-refractivity contribution in [1.82, 2.24) is 29.9 Å². The SMILES string of the molecule is CC(C)(C)OC(=O)NCCc1cncn1CCn1ccnn1. The van der Waals surface area contributed by atoms with Gasteiger partial charge in [-0.15, -0.1) is 5.10 Å². The van der Waals surface area contributed by atoms with E-state index in [2.05, 4.69) is 20.6 Å². The second-order valence-corrected chi connectivity index (χ2v) is 5.92. The van der Waals surface area contributed by atoms with Crippen molar-refractivity contribution >= 4 is 6.09 Å². The van der Waals surface area contributed by atoms with Crippen LogP contribution in [0, 0.1) is 0 Å². The molecule has 0 fully saturated rings. The summed E-state index contributed by atoms with van der Waals surface area (Å²) in [5.74, 6) is 0. The lowest BCUT2D eigenvalue weighted by Gasteiger charge is -2.19. The molecule has 0 aromatic carbocycles. The molecule has 1 N–H and O–H groups in total. The molecule has 0 saturated carbocycles. The van der Waals surface area contributed by atoms with Gasteiger partial charge in [0.2, 0.25) is 0 Å². The van der Waals surface area contributed by atoms with Gasteiger partial charge >= 0.3 is 6.09 Å². The van der Waals surface area contributed by atoms with Crippen molar-refractivity contribution in [2.75, 3.05) is 6.54 Å². The molecular formula is C14H22N6O2. The Morgan fingerprint density at radius 3 is 2.86 bits per heavy atom. The van der Waals surface area contributed by atoms with E-state index in [0.717, 1.165) is 18.8 Å². The summed E-state index contributed by atoms with van der Waals surface area (Å²) in [4.78, 5) is 15.7. The molecule has 2 rings (SSSR count). The Morgan fingerprint density at radius 1 is 1.36 bits per heavy atom. The number of hydrogen-bond acceptors (Lipinski definition) is 5. The van der Waals surface area contributed by atoms with Crippen molar-refractivity contribution in [1.29, 1.82) is 0 Å². The molecule has 0 saturated heterocycles. The van der Waals surface area contributed by atoms with Gasteiger partial charge in [0.15, 0.2) is 0 Å². The first kappa shape index (κ1) is 16.0. The molecule has 22 heavy (non-hydrogen) atoms. The zero-order valence-corrected chi connectivity index (χ0v) is 13.2. The fraction of sp³-hybridized carbons (Fsp3) is 0.571. The third-order valence-electron chi connectivity index (χ3n) is 2.89. The molecular weight excluding hydrogens is 284 g/mol. The predicted octanol–water partition coefficient (Wildman–Crippen LogP) is 1.24. The molecule has 2 heterocycles. The lowest BCUT2D eigenvalue weighted by atomic mass is 10.2. The van der Waals surface area contributed by atoms with Crippen LogP contribution in [0.2, 0.25) is 0 Å². The molecule has 0 radical (unpaired) electrons. The Morgan fingerprint density at radius 2 is 2.18 bits per heavy atom. The smallest absolute Gasteiger partial charge is 0.407 e. The lowest BCUT2D eigenvalue weighted by molar-refractivity contribution is 0.0528. The van der Waals surface area contributed by atoms with E-state index < -0.39 is 11.7 Å². The van der Waals surface area contributed by atoms with Crippen LogP contribution in [0.4, 0.5) is 4.79 Å². The summed E-state index contributed by atoms with van der Waals surface area (Å²) in [5.41, 5.74) is 0.570. The van der Waals surface area contributed by atoms with Crippen LogP contribution in [0.5, 0.6) is 0 Å². The van der Waals surface area contributed by atoms with Gasteiger partial charge in [-0.1, -0.05) is 5.21 Å². The molecule has 0 aliphatic rings. The van der Waals surface area contributed by atoms with Crippen molar-refractivity contribution in [3.8, 4) is 0 Å². The van der Waals surface area contributed by atoms with Gasteiger partial charge in [0.05, 0.1) is 19.1 Å². The third kappa shape index (κ3) is 5.19. The largest absolute Gasteiger partial charge is 0.444 e. The Balaban J connectivity index is 1.76. The summed E-state index contributed by atoms with van der Waals surface area (Å²) >= 11 is 0. The van der Waals surface area contributed by atoms with Crippen LogP contribution >= 0.6 is 0 Å². The Kier molecular flexibility index (Phi) is 5.13. The number of ether oxygens (including phenoxy) is 1. The van der Waals surface area contributed by atoms with Gasteiger partial charge in [0, 0.05) is 37.6 Å². The highest BCUT2D eigenvalue weighted by molar-refractivity contribution is 5.67. The van der Waals surface area contributed by atoms with Crippen molar-refractivity contribution in [3.05, 3.63) is 30.6 Å². The van der Waals surface area contributed by atoms with E-state index >= 15 is 0 Å². The fourth-order valence-corrected chi connectivity index (χ4v) is 1.93. The molecule has 8 heteroatoms. The van der Waals surface area contributed by atoms with Crippen molar-refractivity contribution in [2.45, 2.75) is 45.9 Å². The zero-order valence-electron chi connectivity index (χ0n) is 13.2. The number of imidazole rings is 1. The van der Waals surface area contributed by atoms with Crippen LogP contribution in [0.1, 0.15) is 26.5 Å². The summed E-state index contributed by atoms with van der Waals surface area (Å²) in [6, 6.07) is 0. The zero-order chi connectivity index (χ0) is 16.0. The fourth-order valence-electron chi connectivity index (χ4n) is 1.93. The quantitative estimate of drug-likeness (QED) is 0.867. The topological polar surface area (TPSA) is 86.9 Å². The highest BCUT2D eigenvalue weighted by Gasteiger charge is 2.15. The number of aryl methyl sites for hydroxylation is 2. The van der Waals surface area contributed by atoms with Crippen LogP contribution in [0.15, 0.2) is 24.9 Å². The van der Waals surface area contributed by atoms with Gasteiger partial charge in [-0.3, -0.25) is 4.68 Å². The number of nitrogens with one attached hydrogen (secondary N) is 1. The van der Waals surface area contributed by atoms with E-state index in [1.165, 1.54) is 0 Å². The number of nitrogens with zero attached hydrogens (tertiary/aromatic N) is 5. The standard InChI is InChI=1S/C14H22N6O2/c1-14(2,3)22-13(21)16-5-4-12-10-15-11-19(12)8-9-20-7-6-17-18-20/h6-7,10-11H,4-5,8-9H2,1-3H3,(H,16,21). The summed E-state index contributed by atoms with van der Waals surface area (Å²) < 4.78 is 9.00. The molecule has 2 aromatic rings. The van der Waals surface area contributed by atoms with Crippen LogP contribution in [-0.2, 0) is 24.2 Å². The highest BCUT2D eigenvalue weighted by Crippen LogP contribution is 2.06. The lowest BCUT2D eigenvalue weighted by Crippen LogP contribution is -2.33. The normalized spacial score (nSPS) is 11.4. The maximum Gasteiger partial charge on any atom is 0.407 e. The van der Waals surface area contributed by atoms with Gasteiger partial charge in [0.1, 0.15) is 5.60 Å². The van der Waals surface area contributed by atoms with Gasteiger partial charge in [-0.25, -0.2) is 9.78 Å². The maximum atomic E-state index is 11.6. The van der Waals surface area contributed by atoms with Gasteiger partial charge < -0.3 is 14.6 Å². The number of hydrogen-bond donors (Lipinski definition) is 1. The Bertz CT molecular complexity index is 585. The number of rotatable bonds is 6. The van der Waals surface area contributed by atoms with Gasteiger partial charge in [-0.2, -0.15) is 0 Å². The first-order valence-electron chi connectivity index (χ1n) is 7.24. The number of carbonyl (C=O) groups is 1. The van der Waals surface area contributed by atoms with Crippen molar-refractivity contribution in [2.24, 2.45) is 0 Å². The number of carbonyl (C=O) groups excluding carboxylic acids is 1. The molecule has 0 aliphatic heterocycles. The summed E-state index contributed by atoms with van der Waals surface area (Å²) in [5, 5.41) is 10.4. The molecule has 0 bridgehead atoms. The maximum absolute atomic E-state index is 11.6. The minimum absolute atomic E-state index is 0.402. The van der Waals surface area contributed by atoms with E-state index in [4.69, 9.17) is 4.74 Å². The van der Waals surface area contributed by atoms with E-state index in [-0.39, 0.29) is 0 Å². The Labute approximate surface area is 129 Å². The molecule has 1 amide bonds. The molecule has 0 aliphatic carbocycles. The molecule has 0 atom stereocenters. The first-order chi connectivity index (χ1) is 10.4. The van der Waals surface area contributed by atoms with E-state index in [9.17, 15) is 4.79 Å². The van der Waals surface area contributed by atoms with E-state index in [1.807, 2.05) is 31.5 Å². The first-order valence-corrected chi connectivity index (χ1v) is 7.24. The minimum atomic E-state index is -0.482. The van der Waals surface area contributed by atoms with Crippen molar-refractivity contribution in [3.63, 3.8) is 0 Å². The summed E-state index contributed by atoms with van der Waals surface area (Å²) in [6.07, 6.45) is 7.34. The summed E-state index contributed by atoms with van der Waals surface area (Å²) in [7, 11) is 0. The van der Waals surface area contributed by atoms with Crippen LogP contribution < -0.4 is 5.32 Å². The number of aromatic nitrogens is 5. The van der Waals surface area contributed by atoms with Crippen LogP contribution in [0.25, 0.3) is 0 Å². The molecule has 120 valence electrons. The van der Waals surface area contributed by atoms with Crippen LogP contribution in [-0.4, -0.2) is 42.8 Å². The molecule has 2 aromatic heterocycles. The van der Waals surface area contributed by atoms with Gasteiger partial charge in [-0.05, 0) is 20.8 Å². The van der Waals surface area contributed by atoms with E-state index in [0.29, 0.717) is 13.0 Å². The number of amides is 1. The van der Waals surface area contributed by atoms with Gasteiger partial charge in [0.25, 0.3) is 0 Å². The van der Waals surface area contributed by atoms with E-state index in [1.54, 1.807) is 23.4 Å². The second kappa shape index (κ2) is 7.06. The average Bonchev–Trinajstić information content (AvgIpc) is 3.04. The molecule has 0 unspecified atom stereocenters. The number of alkyl carbamates (subject to hydrolysis) is 1. The second-order valence-electron chi connectivity index (χ2n) is 5.92. The predicted molar refractivity (Wildman–Crippen MR) is 80.2 cm³/mol. The third-order valence-corrected chi connectivity index (χ3v) is 2.89. The highest BCUT2D eigenvalue weighted by atomic mass is 16.6. The van der Waals surface area contributed by atoms with Crippen LogP contribution in [0.3, 0.4) is 0 Å². The Hall–Kier alpha value is -2.38. The molecule has 8 nitrogen and oxygen atoms in total. The summed E-state index contributed by atoms with van der Waals surface area (Å²) in [6.45, 7) is 7.50. The average molecular weight is 306 g/mol. The van der Waals surface area contributed by atoms with Crippen molar-refractivity contribution < 1.29 is 9.53 Å². The minimum Gasteiger partial charge on any atom is -0.444 e. The molecule has 0 spiro atoms.